The lowest BCUT2D eigenvalue weighted by molar-refractivity contribution is -0.901. The molecule has 0 unspecified atom stereocenters. The molecule has 104 valence electrons. The Hall–Kier alpha value is -1.55. The Morgan fingerprint density at radius 3 is 2.53 bits per heavy atom. The van der Waals surface area contributed by atoms with Crippen LogP contribution in [-0.4, -0.2) is 32.1 Å². The van der Waals surface area contributed by atoms with Gasteiger partial charge < -0.3 is 15.0 Å². The molecule has 1 aliphatic rings. The molecule has 0 spiro atoms. The van der Waals surface area contributed by atoms with Gasteiger partial charge in [0.05, 0.1) is 20.2 Å². The third-order valence-corrected chi connectivity index (χ3v) is 3.88. The molecule has 2 rings (SSSR count). The molecule has 0 saturated carbocycles. The molecule has 0 aliphatic carbocycles. The third-order valence-electron chi connectivity index (χ3n) is 3.88. The Balaban J connectivity index is 1.81. The van der Waals surface area contributed by atoms with Crippen LogP contribution in [0.5, 0.6) is 5.75 Å². The van der Waals surface area contributed by atoms with Gasteiger partial charge in [-0.2, -0.15) is 0 Å². The predicted molar refractivity (Wildman–Crippen MR) is 74.2 cm³/mol. The lowest BCUT2D eigenvalue weighted by atomic mass is 10.2. The minimum atomic E-state index is 0.0562. The summed E-state index contributed by atoms with van der Waals surface area (Å²) in [5, 5.41) is 3.01. The molecule has 4 nitrogen and oxygen atoms in total. The molecule has 1 aliphatic heterocycles. The minimum absolute atomic E-state index is 0.0562. The molecule has 4 heteroatoms. The number of methoxy groups -OCH3 is 1. The lowest BCUT2D eigenvalue weighted by Gasteiger charge is -2.20. The van der Waals surface area contributed by atoms with Gasteiger partial charge in [0.2, 0.25) is 0 Å². The highest BCUT2D eigenvalue weighted by Gasteiger charge is 2.27. The van der Waals surface area contributed by atoms with Crippen LogP contribution in [0.4, 0.5) is 0 Å². The van der Waals surface area contributed by atoms with Crippen LogP contribution in [0.25, 0.3) is 0 Å². The molecular formula is C15H23N2O2+. The monoisotopic (exact) mass is 263 g/mol. The fraction of sp³-hybridized carbons (Fsp3) is 0.533. The number of quaternary nitrogens is 1. The number of nitrogens with one attached hydrogen (secondary N) is 2. The summed E-state index contributed by atoms with van der Waals surface area (Å²) in [6.07, 6.45) is 2.48. The van der Waals surface area contributed by atoms with Crippen molar-refractivity contribution in [1.82, 2.24) is 5.32 Å². The fourth-order valence-electron chi connectivity index (χ4n) is 2.53. The normalized spacial score (nSPS) is 17.2. The highest BCUT2D eigenvalue weighted by Crippen LogP contribution is 2.10. The number of benzene rings is 1. The second kappa shape index (κ2) is 6.57. The number of hydrogen-bond donors (Lipinski definition) is 2. The lowest BCUT2D eigenvalue weighted by Crippen LogP contribution is -3.14. The molecule has 1 fully saturated rings. The topological polar surface area (TPSA) is 42.8 Å². The summed E-state index contributed by atoms with van der Waals surface area (Å²) in [5.41, 5.74) is 1.10. The van der Waals surface area contributed by atoms with Crippen molar-refractivity contribution in [2.24, 2.45) is 0 Å². The van der Waals surface area contributed by atoms with E-state index in [1.54, 1.807) is 7.11 Å². The SMILES string of the molecule is COc1ccc(CNC(=O)[C@H](C)[NH+]2CCCC2)cc1. The van der Waals surface area contributed by atoms with E-state index in [0.717, 1.165) is 24.4 Å². The van der Waals surface area contributed by atoms with Crippen LogP contribution in [-0.2, 0) is 11.3 Å². The van der Waals surface area contributed by atoms with Gasteiger partial charge in [-0.15, -0.1) is 0 Å². The Kier molecular flexibility index (Phi) is 4.80. The predicted octanol–water partition coefficient (Wildman–Crippen LogP) is 0.379. The van der Waals surface area contributed by atoms with Crippen molar-refractivity contribution < 1.29 is 14.4 Å². The summed E-state index contributed by atoms with van der Waals surface area (Å²) in [5.74, 6) is 0.984. The van der Waals surface area contributed by atoms with Crippen molar-refractivity contribution in [3.05, 3.63) is 29.8 Å². The van der Waals surface area contributed by atoms with Gasteiger partial charge in [0.1, 0.15) is 5.75 Å². The van der Waals surface area contributed by atoms with Gasteiger partial charge in [-0.3, -0.25) is 4.79 Å². The quantitative estimate of drug-likeness (QED) is 0.806. The Labute approximate surface area is 114 Å². The molecule has 0 bridgehead atoms. The van der Waals surface area contributed by atoms with Gasteiger partial charge in [0, 0.05) is 19.4 Å². The zero-order valence-electron chi connectivity index (χ0n) is 11.7. The van der Waals surface area contributed by atoms with Crippen LogP contribution < -0.4 is 15.0 Å². The molecule has 0 radical (unpaired) electrons. The fourth-order valence-corrected chi connectivity index (χ4v) is 2.53. The number of amides is 1. The molecule has 1 aromatic rings. The Morgan fingerprint density at radius 2 is 1.95 bits per heavy atom. The van der Waals surface area contributed by atoms with E-state index in [1.807, 2.05) is 31.2 Å². The van der Waals surface area contributed by atoms with Crippen LogP contribution >= 0.6 is 0 Å². The molecule has 1 heterocycles. The second-order valence-electron chi connectivity index (χ2n) is 5.15. The Morgan fingerprint density at radius 1 is 1.32 bits per heavy atom. The smallest absolute Gasteiger partial charge is 0.278 e. The standard InChI is InChI=1S/C15H22N2O2/c1-12(17-9-3-4-10-17)15(18)16-11-13-5-7-14(19-2)8-6-13/h5-8,12H,3-4,9-11H2,1-2H3,(H,16,18)/p+1/t12-/m0/s1. The summed E-state index contributed by atoms with van der Waals surface area (Å²) in [6.45, 7) is 4.85. The van der Waals surface area contributed by atoms with E-state index in [-0.39, 0.29) is 11.9 Å². The average Bonchev–Trinajstić information content (AvgIpc) is 2.98. The first-order valence-electron chi connectivity index (χ1n) is 6.96. The van der Waals surface area contributed by atoms with Crippen LogP contribution in [0.1, 0.15) is 25.3 Å². The second-order valence-corrected chi connectivity index (χ2v) is 5.15. The first-order chi connectivity index (χ1) is 9.20. The number of likely N-dealkylation sites (tertiary alicyclic amines) is 1. The maximum atomic E-state index is 12.1. The molecule has 1 amide bonds. The molecule has 0 aromatic heterocycles. The van der Waals surface area contributed by atoms with Crippen molar-refractivity contribution in [3.8, 4) is 5.75 Å². The number of carbonyl (C=O) groups excluding carboxylic acids is 1. The first kappa shape index (κ1) is 13.9. The van der Waals surface area contributed by atoms with Crippen LogP contribution in [0, 0.1) is 0 Å². The molecule has 1 aromatic carbocycles. The number of carbonyl (C=O) groups is 1. The number of hydrogen-bond acceptors (Lipinski definition) is 2. The molecule has 1 saturated heterocycles. The van der Waals surface area contributed by atoms with E-state index < -0.39 is 0 Å². The van der Waals surface area contributed by atoms with Gasteiger partial charge in [-0.25, -0.2) is 0 Å². The highest BCUT2D eigenvalue weighted by molar-refractivity contribution is 5.79. The van der Waals surface area contributed by atoms with Crippen LogP contribution in [0.15, 0.2) is 24.3 Å². The van der Waals surface area contributed by atoms with E-state index in [1.165, 1.54) is 17.7 Å². The van der Waals surface area contributed by atoms with E-state index in [0.29, 0.717) is 6.54 Å². The summed E-state index contributed by atoms with van der Waals surface area (Å²) in [7, 11) is 1.65. The summed E-state index contributed by atoms with van der Waals surface area (Å²) >= 11 is 0. The zero-order valence-corrected chi connectivity index (χ0v) is 11.7. The summed E-state index contributed by atoms with van der Waals surface area (Å²) < 4.78 is 5.11. The van der Waals surface area contributed by atoms with Crippen LogP contribution in [0.3, 0.4) is 0 Å². The molecule has 2 N–H and O–H groups in total. The summed E-state index contributed by atoms with van der Waals surface area (Å²) in [6, 6.07) is 7.84. The van der Waals surface area contributed by atoms with Crippen molar-refractivity contribution in [2.45, 2.75) is 32.4 Å². The van der Waals surface area contributed by atoms with Crippen molar-refractivity contribution >= 4 is 5.91 Å². The van der Waals surface area contributed by atoms with Crippen LogP contribution in [0.2, 0.25) is 0 Å². The van der Waals surface area contributed by atoms with E-state index in [4.69, 9.17) is 4.74 Å². The van der Waals surface area contributed by atoms with Crippen molar-refractivity contribution in [1.29, 1.82) is 0 Å². The largest absolute Gasteiger partial charge is 0.497 e. The zero-order chi connectivity index (χ0) is 13.7. The highest BCUT2D eigenvalue weighted by atomic mass is 16.5. The first-order valence-corrected chi connectivity index (χ1v) is 6.96. The minimum Gasteiger partial charge on any atom is -0.497 e. The maximum absolute atomic E-state index is 12.1. The molecular weight excluding hydrogens is 240 g/mol. The van der Waals surface area contributed by atoms with E-state index in [9.17, 15) is 4.79 Å². The summed E-state index contributed by atoms with van der Waals surface area (Å²) in [4.78, 5) is 13.5. The van der Waals surface area contributed by atoms with E-state index in [2.05, 4.69) is 5.32 Å². The Bertz CT molecular complexity index is 411. The van der Waals surface area contributed by atoms with Gasteiger partial charge in [-0.1, -0.05) is 12.1 Å². The third kappa shape index (κ3) is 3.70. The molecule has 19 heavy (non-hydrogen) atoms. The van der Waals surface area contributed by atoms with E-state index >= 15 is 0 Å². The maximum Gasteiger partial charge on any atom is 0.278 e. The molecule has 1 atom stereocenters. The number of rotatable bonds is 5. The van der Waals surface area contributed by atoms with Gasteiger partial charge >= 0.3 is 0 Å². The average molecular weight is 263 g/mol. The van der Waals surface area contributed by atoms with Gasteiger partial charge in [0.25, 0.3) is 5.91 Å². The van der Waals surface area contributed by atoms with Gasteiger partial charge in [-0.05, 0) is 24.6 Å². The van der Waals surface area contributed by atoms with Crippen molar-refractivity contribution in [3.63, 3.8) is 0 Å². The number of ether oxygens (including phenoxy) is 1. The van der Waals surface area contributed by atoms with Gasteiger partial charge in [0.15, 0.2) is 6.04 Å². The van der Waals surface area contributed by atoms with Crippen molar-refractivity contribution in [2.75, 3.05) is 20.2 Å².